The second-order valence-corrected chi connectivity index (χ2v) is 2.52. The number of hydrogen-bond acceptors (Lipinski definition) is 1. The largest absolute Gasteiger partial charge is 0.270 e. The van der Waals surface area contributed by atoms with Crippen LogP contribution in [0.4, 0.5) is 0 Å². The lowest BCUT2D eigenvalue weighted by molar-refractivity contribution is 1.36. The van der Waals surface area contributed by atoms with E-state index < -0.39 is 0 Å². The standard InChI is InChI=1S/C10H12N2/c1-8-6-4-5-7-9(8)10(11-2)12-3/h4-7H,2H2,1,3H3. The van der Waals surface area contributed by atoms with Crippen LogP contribution in [0.2, 0.25) is 0 Å². The van der Waals surface area contributed by atoms with E-state index in [0.29, 0.717) is 5.84 Å². The quantitative estimate of drug-likeness (QED) is 0.444. The number of hydrogen-bond donors (Lipinski definition) is 0. The van der Waals surface area contributed by atoms with Crippen molar-refractivity contribution in [2.24, 2.45) is 9.98 Å². The molecule has 1 aromatic rings. The molecule has 2 nitrogen and oxygen atoms in total. The van der Waals surface area contributed by atoms with Crippen molar-refractivity contribution < 1.29 is 0 Å². The van der Waals surface area contributed by atoms with E-state index >= 15 is 0 Å². The molecule has 1 rings (SSSR count). The minimum absolute atomic E-state index is 0.702. The van der Waals surface area contributed by atoms with Gasteiger partial charge in [-0.15, -0.1) is 0 Å². The topological polar surface area (TPSA) is 24.7 Å². The summed E-state index contributed by atoms with van der Waals surface area (Å²) < 4.78 is 0. The molecular weight excluding hydrogens is 148 g/mol. The zero-order valence-corrected chi connectivity index (χ0v) is 7.41. The van der Waals surface area contributed by atoms with E-state index in [4.69, 9.17) is 0 Å². The summed E-state index contributed by atoms with van der Waals surface area (Å²) in [6.07, 6.45) is 0. The molecule has 12 heavy (non-hydrogen) atoms. The molecule has 0 saturated carbocycles. The van der Waals surface area contributed by atoms with Crippen molar-refractivity contribution in [1.82, 2.24) is 0 Å². The molecule has 2 heteroatoms. The Kier molecular flexibility index (Phi) is 2.75. The lowest BCUT2D eigenvalue weighted by Gasteiger charge is -2.02. The van der Waals surface area contributed by atoms with Crippen LogP contribution in [0.25, 0.3) is 0 Å². The molecule has 0 heterocycles. The monoisotopic (exact) mass is 160 g/mol. The zero-order valence-electron chi connectivity index (χ0n) is 7.41. The van der Waals surface area contributed by atoms with Gasteiger partial charge in [-0.3, -0.25) is 4.99 Å². The molecule has 0 radical (unpaired) electrons. The van der Waals surface area contributed by atoms with Gasteiger partial charge in [0.15, 0.2) is 5.84 Å². The highest BCUT2D eigenvalue weighted by Gasteiger charge is 2.01. The van der Waals surface area contributed by atoms with Gasteiger partial charge in [0.2, 0.25) is 0 Å². The van der Waals surface area contributed by atoms with Crippen LogP contribution in [-0.2, 0) is 0 Å². The lowest BCUT2D eigenvalue weighted by Crippen LogP contribution is -1.98. The van der Waals surface area contributed by atoms with Crippen LogP contribution >= 0.6 is 0 Å². The van der Waals surface area contributed by atoms with Gasteiger partial charge in [0.1, 0.15) is 0 Å². The second kappa shape index (κ2) is 3.81. The lowest BCUT2D eigenvalue weighted by atomic mass is 10.1. The first-order valence-corrected chi connectivity index (χ1v) is 3.79. The summed E-state index contributed by atoms with van der Waals surface area (Å²) in [5, 5.41) is 0. The van der Waals surface area contributed by atoms with E-state index in [1.165, 1.54) is 5.56 Å². The number of amidine groups is 1. The minimum atomic E-state index is 0.702. The maximum Gasteiger partial charge on any atom is 0.153 e. The van der Waals surface area contributed by atoms with Crippen molar-refractivity contribution in [3.05, 3.63) is 35.4 Å². The Hall–Kier alpha value is -1.44. The molecule has 0 atom stereocenters. The number of aliphatic imine (C=N–C) groups is 2. The molecule has 0 amide bonds. The van der Waals surface area contributed by atoms with Crippen LogP contribution in [0.5, 0.6) is 0 Å². The Bertz CT molecular complexity index is 313. The minimum Gasteiger partial charge on any atom is -0.270 e. The number of nitrogens with zero attached hydrogens (tertiary/aromatic N) is 2. The predicted octanol–water partition coefficient (Wildman–Crippen LogP) is 2.07. The molecule has 0 aromatic heterocycles. The summed E-state index contributed by atoms with van der Waals surface area (Å²) in [5.41, 5.74) is 2.22. The van der Waals surface area contributed by atoms with Crippen molar-refractivity contribution in [2.75, 3.05) is 7.05 Å². The maximum absolute atomic E-state index is 4.03. The van der Waals surface area contributed by atoms with E-state index in [0.717, 1.165) is 5.56 Å². The molecule has 0 fully saturated rings. The summed E-state index contributed by atoms with van der Waals surface area (Å²) in [5.74, 6) is 0.702. The number of benzene rings is 1. The molecule has 0 spiro atoms. The van der Waals surface area contributed by atoms with Crippen LogP contribution in [0.3, 0.4) is 0 Å². The van der Waals surface area contributed by atoms with E-state index in [-0.39, 0.29) is 0 Å². The fraction of sp³-hybridized carbons (Fsp3) is 0.200. The number of aryl methyl sites for hydroxylation is 1. The summed E-state index contributed by atoms with van der Waals surface area (Å²) in [6.45, 7) is 5.50. The Balaban J connectivity index is 3.18. The molecule has 1 aromatic carbocycles. The Morgan fingerprint density at radius 2 is 2.00 bits per heavy atom. The molecule has 0 aliphatic rings. The van der Waals surface area contributed by atoms with Crippen LogP contribution in [0.15, 0.2) is 34.3 Å². The molecule has 0 bridgehead atoms. The normalized spacial score (nSPS) is 11.3. The summed E-state index contributed by atoms with van der Waals surface area (Å²) >= 11 is 0. The average Bonchev–Trinajstić information content (AvgIpc) is 2.10. The first kappa shape index (κ1) is 8.65. The smallest absolute Gasteiger partial charge is 0.153 e. The predicted molar refractivity (Wildman–Crippen MR) is 53.2 cm³/mol. The maximum atomic E-state index is 4.03. The highest BCUT2D eigenvalue weighted by molar-refractivity contribution is 6.02. The van der Waals surface area contributed by atoms with Crippen molar-refractivity contribution in [3.63, 3.8) is 0 Å². The molecule has 0 aliphatic heterocycles. The third kappa shape index (κ3) is 1.59. The molecule has 0 saturated heterocycles. The van der Waals surface area contributed by atoms with Crippen molar-refractivity contribution in [3.8, 4) is 0 Å². The van der Waals surface area contributed by atoms with Gasteiger partial charge in [0.25, 0.3) is 0 Å². The Morgan fingerprint density at radius 3 is 2.50 bits per heavy atom. The number of rotatable bonds is 1. The highest BCUT2D eigenvalue weighted by atomic mass is 14.9. The SMILES string of the molecule is C=NC(=NC)c1ccccc1C. The summed E-state index contributed by atoms with van der Waals surface area (Å²) in [7, 11) is 1.72. The van der Waals surface area contributed by atoms with Gasteiger partial charge in [-0.2, -0.15) is 0 Å². The molecule has 62 valence electrons. The third-order valence-electron chi connectivity index (χ3n) is 1.75. The van der Waals surface area contributed by atoms with Crippen LogP contribution in [-0.4, -0.2) is 19.6 Å². The fourth-order valence-corrected chi connectivity index (χ4v) is 1.10. The summed E-state index contributed by atoms with van der Waals surface area (Å²) in [4.78, 5) is 7.86. The van der Waals surface area contributed by atoms with Gasteiger partial charge in [0, 0.05) is 12.6 Å². The van der Waals surface area contributed by atoms with Gasteiger partial charge in [-0.05, 0) is 19.2 Å². The van der Waals surface area contributed by atoms with E-state index in [9.17, 15) is 0 Å². The first-order chi connectivity index (χ1) is 5.79. The van der Waals surface area contributed by atoms with Crippen molar-refractivity contribution in [1.29, 1.82) is 0 Å². The fourth-order valence-electron chi connectivity index (χ4n) is 1.10. The molecule has 0 unspecified atom stereocenters. The van der Waals surface area contributed by atoms with Crippen LogP contribution < -0.4 is 0 Å². The highest BCUT2D eigenvalue weighted by Crippen LogP contribution is 2.08. The van der Waals surface area contributed by atoms with Gasteiger partial charge in [0.05, 0.1) is 0 Å². The van der Waals surface area contributed by atoms with Gasteiger partial charge in [-0.1, -0.05) is 24.3 Å². The van der Waals surface area contributed by atoms with Gasteiger partial charge >= 0.3 is 0 Å². The zero-order chi connectivity index (χ0) is 8.97. The van der Waals surface area contributed by atoms with E-state index in [2.05, 4.69) is 16.7 Å². The van der Waals surface area contributed by atoms with Crippen molar-refractivity contribution in [2.45, 2.75) is 6.92 Å². The molecule has 0 N–H and O–H groups in total. The van der Waals surface area contributed by atoms with Gasteiger partial charge in [-0.25, -0.2) is 4.99 Å². The first-order valence-electron chi connectivity index (χ1n) is 3.79. The van der Waals surface area contributed by atoms with E-state index in [1.54, 1.807) is 7.05 Å². The molecular formula is C10H12N2. The Morgan fingerprint density at radius 1 is 1.33 bits per heavy atom. The average molecular weight is 160 g/mol. The van der Waals surface area contributed by atoms with E-state index in [1.807, 2.05) is 31.2 Å². The van der Waals surface area contributed by atoms with Crippen LogP contribution in [0, 0.1) is 6.92 Å². The summed E-state index contributed by atoms with van der Waals surface area (Å²) in [6, 6.07) is 7.99. The molecule has 0 aliphatic carbocycles. The van der Waals surface area contributed by atoms with Gasteiger partial charge < -0.3 is 0 Å². The van der Waals surface area contributed by atoms with Crippen molar-refractivity contribution >= 4 is 12.6 Å². The third-order valence-corrected chi connectivity index (χ3v) is 1.75. The second-order valence-electron chi connectivity index (χ2n) is 2.52. The Labute approximate surface area is 72.7 Å². The van der Waals surface area contributed by atoms with Crippen LogP contribution in [0.1, 0.15) is 11.1 Å².